The normalized spacial score (nSPS) is 20.6. The lowest BCUT2D eigenvalue weighted by molar-refractivity contribution is 0.183. The largest absolute Gasteiger partial charge is 0.381 e. The molecule has 0 bridgehead atoms. The molecule has 1 saturated heterocycles. The maximum Gasteiger partial charge on any atom is 0.160 e. The number of pyridine rings is 1. The van der Waals surface area contributed by atoms with Crippen LogP contribution < -0.4 is 0 Å². The lowest BCUT2D eigenvalue weighted by Crippen LogP contribution is -2.10. The second-order valence-corrected chi connectivity index (χ2v) is 6.27. The van der Waals surface area contributed by atoms with E-state index in [4.69, 9.17) is 16.3 Å². The Hall–Kier alpha value is -1.13. The van der Waals surface area contributed by atoms with Crippen molar-refractivity contribution in [3.63, 3.8) is 0 Å². The molecule has 1 fully saturated rings. The van der Waals surface area contributed by atoms with Crippen molar-refractivity contribution in [2.75, 3.05) is 13.2 Å². The molecule has 0 aliphatic carbocycles. The SMILES string of the molecule is Cc1cnc2c(c1)nc(C(C)Cl)n2CCC1CCOC1. The highest BCUT2D eigenvalue weighted by molar-refractivity contribution is 6.20. The first-order valence-electron chi connectivity index (χ1n) is 7.19. The molecule has 5 heteroatoms. The molecule has 1 aliphatic rings. The van der Waals surface area contributed by atoms with Crippen molar-refractivity contribution in [3.05, 3.63) is 23.7 Å². The summed E-state index contributed by atoms with van der Waals surface area (Å²) in [4.78, 5) is 9.20. The number of fused-ring (bicyclic) bond motifs is 1. The van der Waals surface area contributed by atoms with Gasteiger partial charge in [-0.1, -0.05) is 0 Å². The first kappa shape index (κ1) is 13.8. The van der Waals surface area contributed by atoms with Crippen LogP contribution in [0.2, 0.25) is 0 Å². The highest BCUT2D eigenvalue weighted by Crippen LogP contribution is 2.26. The molecular weight excluding hydrogens is 274 g/mol. The number of hydrogen-bond donors (Lipinski definition) is 0. The summed E-state index contributed by atoms with van der Waals surface area (Å²) < 4.78 is 7.61. The van der Waals surface area contributed by atoms with Gasteiger partial charge in [0.25, 0.3) is 0 Å². The first-order chi connectivity index (χ1) is 9.65. The molecule has 2 unspecified atom stereocenters. The van der Waals surface area contributed by atoms with Gasteiger partial charge < -0.3 is 9.30 Å². The molecule has 0 saturated carbocycles. The Kier molecular flexibility index (Phi) is 3.94. The fraction of sp³-hybridized carbons (Fsp3) is 0.600. The summed E-state index contributed by atoms with van der Waals surface area (Å²) in [6.45, 7) is 6.68. The van der Waals surface area contributed by atoms with Crippen molar-refractivity contribution < 1.29 is 4.74 Å². The number of aromatic nitrogens is 3. The highest BCUT2D eigenvalue weighted by Gasteiger charge is 2.19. The minimum absolute atomic E-state index is 0.107. The molecule has 0 radical (unpaired) electrons. The molecular formula is C15H20ClN3O. The third kappa shape index (κ3) is 2.67. The molecule has 4 nitrogen and oxygen atoms in total. The average Bonchev–Trinajstić information content (AvgIpc) is 3.02. The topological polar surface area (TPSA) is 39.9 Å². The van der Waals surface area contributed by atoms with Crippen LogP contribution in [0.4, 0.5) is 0 Å². The van der Waals surface area contributed by atoms with Crippen LogP contribution in [0.1, 0.15) is 36.5 Å². The van der Waals surface area contributed by atoms with Gasteiger partial charge >= 0.3 is 0 Å². The fourth-order valence-corrected chi connectivity index (χ4v) is 2.94. The van der Waals surface area contributed by atoms with Crippen LogP contribution in [-0.2, 0) is 11.3 Å². The Morgan fingerprint density at radius 2 is 2.40 bits per heavy atom. The Labute approximate surface area is 124 Å². The molecule has 0 spiro atoms. The van der Waals surface area contributed by atoms with Crippen LogP contribution in [0.15, 0.2) is 12.3 Å². The smallest absolute Gasteiger partial charge is 0.160 e. The van der Waals surface area contributed by atoms with Gasteiger partial charge in [-0.2, -0.15) is 0 Å². The van der Waals surface area contributed by atoms with Crippen molar-refractivity contribution in [1.29, 1.82) is 0 Å². The van der Waals surface area contributed by atoms with Gasteiger partial charge in [0.2, 0.25) is 0 Å². The average molecular weight is 294 g/mol. The van der Waals surface area contributed by atoms with Gasteiger partial charge in [0.1, 0.15) is 11.3 Å². The minimum Gasteiger partial charge on any atom is -0.381 e. The quantitative estimate of drug-likeness (QED) is 0.811. The van der Waals surface area contributed by atoms with Crippen LogP contribution in [0, 0.1) is 12.8 Å². The van der Waals surface area contributed by atoms with Gasteiger partial charge in [0.15, 0.2) is 5.65 Å². The number of nitrogens with zero attached hydrogens (tertiary/aromatic N) is 3. The summed E-state index contributed by atoms with van der Waals surface area (Å²) in [7, 11) is 0. The minimum atomic E-state index is -0.107. The van der Waals surface area contributed by atoms with E-state index in [-0.39, 0.29) is 5.38 Å². The molecule has 108 valence electrons. The number of hydrogen-bond acceptors (Lipinski definition) is 3. The summed E-state index contributed by atoms with van der Waals surface area (Å²) in [5, 5.41) is -0.107. The predicted molar refractivity (Wildman–Crippen MR) is 80.1 cm³/mol. The third-order valence-electron chi connectivity index (χ3n) is 3.89. The van der Waals surface area contributed by atoms with Crippen LogP contribution >= 0.6 is 11.6 Å². The van der Waals surface area contributed by atoms with Gasteiger partial charge in [-0.3, -0.25) is 0 Å². The molecule has 0 amide bonds. The van der Waals surface area contributed by atoms with E-state index in [2.05, 4.69) is 20.6 Å². The van der Waals surface area contributed by atoms with E-state index in [1.54, 1.807) is 0 Å². The van der Waals surface area contributed by atoms with Crippen molar-refractivity contribution in [2.24, 2.45) is 5.92 Å². The Morgan fingerprint density at radius 1 is 1.55 bits per heavy atom. The zero-order valence-corrected chi connectivity index (χ0v) is 12.7. The van der Waals surface area contributed by atoms with Gasteiger partial charge in [0.05, 0.1) is 5.38 Å². The van der Waals surface area contributed by atoms with Crippen LogP contribution in [-0.4, -0.2) is 27.7 Å². The van der Waals surface area contributed by atoms with Crippen molar-refractivity contribution >= 4 is 22.8 Å². The Balaban J connectivity index is 1.91. The standard InChI is InChI=1S/C15H20ClN3O/c1-10-7-13-15(17-8-10)19(14(18-13)11(2)16)5-3-12-4-6-20-9-12/h7-8,11-12H,3-6,9H2,1-2H3. The maximum absolute atomic E-state index is 6.28. The Morgan fingerprint density at radius 3 is 3.10 bits per heavy atom. The Bertz CT molecular complexity index is 602. The molecule has 3 rings (SSSR count). The summed E-state index contributed by atoms with van der Waals surface area (Å²) in [6.07, 6.45) is 4.14. The first-order valence-corrected chi connectivity index (χ1v) is 7.63. The van der Waals surface area contributed by atoms with Crippen LogP contribution in [0.3, 0.4) is 0 Å². The molecule has 20 heavy (non-hydrogen) atoms. The number of halogens is 1. The van der Waals surface area contributed by atoms with Gasteiger partial charge in [0, 0.05) is 26.0 Å². The van der Waals surface area contributed by atoms with E-state index in [0.29, 0.717) is 5.92 Å². The summed E-state index contributed by atoms with van der Waals surface area (Å²) in [6, 6.07) is 2.07. The highest BCUT2D eigenvalue weighted by atomic mass is 35.5. The van der Waals surface area contributed by atoms with E-state index in [0.717, 1.165) is 55.2 Å². The fourth-order valence-electron chi connectivity index (χ4n) is 2.78. The van der Waals surface area contributed by atoms with E-state index >= 15 is 0 Å². The van der Waals surface area contributed by atoms with E-state index in [9.17, 15) is 0 Å². The van der Waals surface area contributed by atoms with E-state index < -0.39 is 0 Å². The molecule has 2 aromatic heterocycles. The number of imidazole rings is 1. The van der Waals surface area contributed by atoms with Crippen molar-refractivity contribution in [3.8, 4) is 0 Å². The molecule has 1 aliphatic heterocycles. The number of alkyl halides is 1. The van der Waals surface area contributed by atoms with E-state index in [1.165, 1.54) is 0 Å². The van der Waals surface area contributed by atoms with Crippen LogP contribution in [0.5, 0.6) is 0 Å². The monoisotopic (exact) mass is 293 g/mol. The van der Waals surface area contributed by atoms with E-state index in [1.807, 2.05) is 20.0 Å². The molecule has 0 N–H and O–H groups in total. The number of ether oxygens (including phenoxy) is 1. The van der Waals surface area contributed by atoms with Crippen molar-refractivity contribution in [2.45, 2.75) is 38.6 Å². The van der Waals surface area contributed by atoms with Crippen LogP contribution in [0.25, 0.3) is 11.2 Å². The van der Waals surface area contributed by atoms with Gasteiger partial charge in [-0.15, -0.1) is 11.6 Å². The molecule has 2 atom stereocenters. The zero-order valence-electron chi connectivity index (χ0n) is 12.0. The third-order valence-corrected chi connectivity index (χ3v) is 4.09. The number of aryl methyl sites for hydroxylation is 2. The van der Waals surface area contributed by atoms with Gasteiger partial charge in [-0.05, 0) is 44.2 Å². The summed E-state index contributed by atoms with van der Waals surface area (Å²) in [5.41, 5.74) is 3.01. The van der Waals surface area contributed by atoms with Crippen molar-refractivity contribution in [1.82, 2.24) is 14.5 Å². The second-order valence-electron chi connectivity index (χ2n) is 5.61. The lowest BCUT2D eigenvalue weighted by Gasteiger charge is -2.12. The predicted octanol–water partition coefficient (Wildman–Crippen LogP) is 3.47. The maximum atomic E-state index is 6.28. The summed E-state index contributed by atoms with van der Waals surface area (Å²) in [5.74, 6) is 1.56. The molecule has 2 aromatic rings. The lowest BCUT2D eigenvalue weighted by atomic mass is 10.1. The summed E-state index contributed by atoms with van der Waals surface area (Å²) >= 11 is 6.28. The van der Waals surface area contributed by atoms with Gasteiger partial charge in [-0.25, -0.2) is 9.97 Å². The second kappa shape index (κ2) is 5.70. The zero-order chi connectivity index (χ0) is 14.1. The molecule has 3 heterocycles. The molecule has 0 aromatic carbocycles. The number of rotatable bonds is 4.